The van der Waals surface area contributed by atoms with E-state index in [2.05, 4.69) is 10.3 Å². The number of rotatable bonds is 3. The fourth-order valence-corrected chi connectivity index (χ4v) is 3.32. The van der Waals surface area contributed by atoms with E-state index in [9.17, 15) is 9.59 Å². The van der Waals surface area contributed by atoms with Crippen molar-refractivity contribution in [1.29, 1.82) is 0 Å². The van der Waals surface area contributed by atoms with Crippen molar-refractivity contribution in [3.8, 4) is 0 Å². The number of amides is 3. The first kappa shape index (κ1) is 17.8. The topological polar surface area (TPSA) is 105 Å². The summed E-state index contributed by atoms with van der Waals surface area (Å²) in [6.45, 7) is 4.18. The highest BCUT2D eigenvalue weighted by molar-refractivity contribution is 5.96. The Bertz CT molecular complexity index is 1000. The molecule has 144 valence electrons. The summed E-state index contributed by atoms with van der Waals surface area (Å²) in [7, 11) is 0. The molecule has 4 rings (SSSR count). The molecule has 0 radical (unpaired) electrons. The third-order valence-electron chi connectivity index (χ3n) is 4.86. The summed E-state index contributed by atoms with van der Waals surface area (Å²) in [6.07, 6.45) is 0. The van der Waals surface area contributed by atoms with Crippen LogP contribution < -0.4 is 16.0 Å². The Morgan fingerprint density at radius 1 is 1.11 bits per heavy atom. The van der Waals surface area contributed by atoms with Gasteiger partial charge in [-0.2, -0.15) is 4.98 Å². The molecule has 0 bridgehead atoms. The molecule has 3 amide bonds. The summed E-state index contributed by atoms with van der Waals surface area (Å²) in [5, 5.41) is 2.87. The molecular weight excluding hydrogens is 358 g/mol. The highest BCUT2D eigenvalue weighted by Gasteiger charge is 2.24. The number of oxazole rings is 1. The average Bonchev–Trinajstić information content (AvgIpc) is 3.12. The zero-order valence-electron chi connectivity index (χ0n) is 15.5. The van der Waals surface area contributed by atoms with Crippen LogP contribution >= 0.6 is 0 Å². The predicted octanol–water partition coefficient (Wildman–Crippen LogP) is 2.59. The van der Waals surface area contributed by atoms with E-state index >= 15 is 0 Å². The summed E-state index contributed by atoms with van der Waals surface area (Å²) in [5.74, 6) is -0.481. The van der Waals surface area contributed by atoms with Gasteiger partial charge >= 0.3 is 6.03 Å². The maximum absolute atomic E-state index is 12.5. The number of benzene rings is 2. The van der Waals surface area contributed by atoms with Crippen molar-refractivity contribution < 1.29 is 14.0 Å². The molecule has 8 heteroatoms. The Hall–Kier alpha value is -3.55. The van der Waals surface area contributed by atoms with Gasteiger partial charge < -0.3 is 25.3 Å². The molecule has 2 aromatic carbocycles. The quantitative estimate of drug-likeness (QED) is 0.728. The second-order valence-electron chi connectivity index (χ2n) is 6.76. The van der Waals surface area contributed by atoms with Crippen molar-refractivity contribution in [2.75, 3.05) is 36.4 Å². The largest absolute Gasteiger partial charge is 0.423 e. The monoisotopic (exact) mass is 379 g/mol. The number of para-hydroxylation sites is 2. The molecule has 28 heavy (non-hydrogen) atoms. The zero-order chi connectivity index (χ0) is 19.7. The number of urea groups is 1. The standard InChI is InChI=1S/C20H21N5O3/c1-13-12-14(6-7-15(13)18(21)26)22-19(27)24-8-10-25(11-9-24)20-23-16-4-2-3-5-17(16)28-20/h2-7,12H,8-11H2,1H3,(H2,21,26)(H,22,27). The van der Waals surface area contributed by atoms with Crippen LogP contribution in [0.2, 0.25) is 0 Å². The highest BCUT2D eigenvalue weighted by Crippen LogP contribution is 2.23. The molecule has 0 unspecified atom stereocenters. The summed E-state index contributed by atoms with van der Waals surface area (Å²) in [5.41, 5.74) is 8.71. The molecule has 1 aliphatic rings. The number of aryl methyl sites for hydroxylation is 1. The first-order chi connectivity index (χ1) is 13.5. The molecule has 1 aromatic heterocycles. The number of fused-ring (bicyclic) bond motifs is 1. The van der Waals surface area contributed by atoms with E-state index in [1.165, 1.54) is 0 Å². The van der Waals surface area contributed by atoms with Crippen LogP contribution in [0.1, 0.15) is 15.9 Å². The van der Waals surface area contributed by atoms with E-state index < -0.39 is 5.91 Å². The number of carbonyl (C=O) groups is 2. The van der Waals surface area contributed by atoms with Crippen molar-refractivity contribution in [1.82, 2.24) is 9.88 Å². The van der Waals surface area contributed by atoms with Crippen LogP contribution in [0.4, 0.5) is 16.5 Å². The Kier molecular flexibility index (Phi) is 4.60. The second-order valence-corrected chi connectivity index (χ2v) is 6.76. The lowest BCUT2D eigenvalue weighted by atomic mass is 10.1. The van der Waals surface area contributed by atoms with E-state index in [0.717, 1.165) is 16.7 Å². The number of nitrogens with two attached hydrogens (primary N) is 1. The Morgan fingerprint density at radius 3 is 2.54 bits per heavy atom. The number of carbonyl (C=O) groups excluding carboxylic acids is 2. The molecule has 3 aromatic rings. The lowest BCUT2D eigenvalue weighted by Gasteiger charge is -2.33. The molecule has 2 heterocycles. The first-order valence-electron chi connectivity index (χ1n) is 9.08. The third-order valence-corrected chi connectivity index (χ3v) is 4.86. The first-order valence-corrected chi connectivity index (χ1v) is 9.08. The fourth-order valence-electron chi connectivity index (χ4n) is 3.32. The van der Waals surface area contributed by atoms with Gasteiger partial charge in [0.15, 0.2) is 5.58 Å². The van der Waals surface area contributed by atoms with Crippen molar-refractivity contribution in [3.63, 3.8) is 0 Å². The second kappa shape index (κ2) is 7.22. The van der Waals surface area contributed by atoms with Crippen molar-refractivity contribution >= 4 is 34.7 Å². The van der Waals surface area contributed by atoms with E-state index in [0.29, 0.717) is 43.4 Å². The molecule has 0 spiro atoms. The number of piperazine rings is 1. The van der Waals surface area contributed by atoms with Crippen LogP contribution in [0.15, 0.2) is 46.9 Å². The minimum Gasteiger partial charge on any atom is -0.423 e. The minimum atomic E-state index is -0.481. The number of hydrogen-bond acceptors (Lipinski definition) is 5. The molecule has 0 atom stereocenters. The van der Waals surface area contributed by atoms with Gasteiger partial charge in [0, 0.05) is 37.4 Å². The van der Waals surface area contributed by atoms with Gasteiger partial charge in [-0.15, -0.1) is 0 Å². The molecule has 1 fully saturated rings. The van der Waals surface area contributed by atoms with E-state index in [1.54, 1.807) is 30.0 Å². The average molecular weight is 379 g/mol. The van der Waals surface area contributed by atoms with Gasteiger partial charge in [-0.25, -0.2) is 4.79 Å². The minimum absolute atomic E-state index is 0.177. The lowest BCUT2D eigenvalue weighted by Crippen LogP contribution is -2.50. The normalized spacial score (nSPS) is 14.3. The number of hydrogen-bond donors (Lipinski definition) is 2. The van der Waals surface area contributed by atoms with Crippen molar-refractivity contribution in [3.05, 3.63) is 53.6 Å². The van der Waals surface area contributed by atoms with E-state index in [-0.39, 0.29) is 6.03 Å². The molecule has 3 N–H and O–H groups in total. The van der Waals surface area contributed by atoms with Gasteiger partial charge in [0.25, 0.3) is 6.01 Å². The number of nitrogens with one attached hydrogen (secondary N) is 1. The van der Waals surface area contributed by atoms with Gasteiger partial charge in [0.2, 0.25) is 5.91 Å². The van der Waals surface area contributed by atoms with Crippen LogP contribution in [0.3, 0.4) is 0 Å². The van der Waals surface area contributed by atoms with Crippen LogP contribution in [-0.4, -0.2) is 48.0 Å². The van der Waals surface area contributed by atoms with Crippen LogP contribution in [0, 0.1) is 6.92 Å². The highest BCUT2D eigenvalue weighted by atomic mass is 16.4. The van der Waals surface area contributed by atoms with E-state index in [1.807, 2.05) is 29.2 Å². The lowest BCUT2D eigenvalue weighted by molar-refractivity contribution is 0.0999. The number of anilines is 2. The fraction of sp³-hybridized carbons (Fsp3) is 0.250. The molecular formula is C20H21N5O3. The summed E-state index contributed by atoms with van der Waals surface area (Å²) in [4.78, 5) is 32.2. The maximum Gasteiger partial charge on any atom is 0.321 e. The van der Waals surface area contributed by atoms with E-state index in [4.69, 9.17) is 10.2 Å². The third kappa shape index (κ3) is 3.48. The number of aromatic nitrogens is 1. The van der Waals surface area contributed by atoms with Crippen LogP contribution in [0.5, 0.6) is 0 Å². The SMILES string of the molecule is Cc1cc(NC(=O)N2CCN(c3nc4ccccc4o3)CC2)ccc1C(N)=O. The maximum atomic E-state index is 12.5. The Balaban J connectivity index is 1.37. The smallest absolute Gasteiger partial charge is 0.321 e. The van der Waals surface area contributed by atoms with Crippen LogP contribution in [0.25, 0.3) is 11.1 Å². The summed E-state index contributed by atoms with van der Waals surface area (Å²) >= 11 is 0. The van der Waals surface area contributed by atoms with Gasteiger partial charge in [0.05, 0.1) is 0 Å². The molecule has 1 saturated heterocycles. The van der Waals surface area contributed by atoms with Gasteiger partial charge in [-0.3, -0.25) is 4.79 Å². The van der Waals surface area contributed by atoms with Gasteiger partial charge in [0.1, 0.15) is 5.52 Å². The molecule has 0 aliphatic carbocycles. The summed E-state index contributed by atoms with van der Waals surface area (Å²) in [6, 6.07) is 13.1. The molecule has 8 nitrogen and oxygen atoms in total. The molecule has 0 saturated carbocycles. The Labute approximate surface area is 161 Å². The van der Waals surface area contributed by atoms with Crippen LogP contribution in [-0.2, 0) is 0 Å². The van der Waals surface area contributed by atoms with Gasteiger partial charge in [-0.1, -0.05) is 12.1 Å². The molecule has 1 aliphatic heterocycles. The number of primary amides is 1. The zero-order valence-corrected chi connectivity index (χ0v) is 15.5. The summed E-state index contributed by atoms with van der Waals surface area (Å²) < 4.78 is 5.80. The van der Waals surface area contributed by atoms with Gasteiger partial charge in [-0.05, 0) is 42.8 Å². The number of nitrogens with zero attached hydrogens (tertiary/aromatic N) is 3. The van der Waals surface area contributed by atoms with Crippen molar-refractivity contribution in [2.24, 2.45) is 5.73 Å². The predicted molar refractivity (Wildman–Crippen MR) is 107 cm³/mol. The van der Waals surface area contributed by atoms with Crippen molar-refractivity contribution in [2.45, 2.75) is 6.92 Å². The Morgan fingerprint density at radius 2 is 1.86 bits per heavy atom.